The van der Waals surface area contributed by atoms with E-state index in [4.69, 9.17) is 10.1 Å². The van der Waals surface area contributed by atoms with E-state index in [0.717, 1.165) is 58.3 Å². The summed E-state index contributed by atoms with van der Waals surface area (Å²) in [6.45, 7) is 3.26. The maximum atomic E-state index is 12.9. The van der Waals surface area contributed by atoms with Crippen LogP contribution in [0, 0.1) is 6.92 Å². The van der Waals surface area contributed by atoms with E-state index in [2.05, 4.69) is 47.5 Å². The SMILES string of the molecule is Cc1cc(N2CCC(NC(=O)CO)CC2)cc2[nH]c(-c3c(NC[C@@H](O)c4cccc(Br)c4)cc[nH]c3=O)nc12. The number of carbonyl (C=O) groups is 1. The first-order valence-corrected chi connectivity index (χ1v) is 13.7. The zero-order valence-corrected chi connectivity index (χ0v) is 23.1. The van der Waals surface area contributed by atoms with Crippen molar-refractivity contribution in [3.63, 3.8) is 0 Å². The molecule has 1 aliphatic heterocycles. The number of benzene rings is 2. The number of H-pyrrole nitrogens is 2. The van der Waals surface area contributed by atoms with Crippen LogP contribution in [0.3, 0.4) is 0 Å². The van der Waals surface area contributed by atoms with Crippen LogP contribution in [-0.4, -0.2) is 63.4 Å². The van der Waals surface area contributed by atoms with Crippen LogP contribution in [0.2, 0.25) is 0 Å². The number of amides is 1. The summed E-state index contributed by atoms with van der Waals surface area (Å²) >= 11 is 3.43. The van der Waals surface area contributed by atoms with Crippen molar-refractivity contribution < 1.29 is 15.0 Å². The van der Waals surface area contributed by atoms with Crippen molar-refractivity contribution in [3.8, 4) is 11.4 Å². The number of pyridine rings is 1. The predicted molar refractivity (Wildman–Crippen MR) is 155 cm³/mol. The first-order chi connectivity index (χ1) is 18.8. The lowest BCUT2D eigenvalue weighted by Crippen LogP contribution is -2.45. The maximum absolute atomic E-state index is 12.9. The van der Waals surface area contributed by atoms with Crippen molar-refractivity contribution in [2.75, 3.05) is 36.5 Å². The number of piperidine rings is 1. The summed E-state index contributed by atoms with van der Waals surface area (Å²) in [5, 5.41) is 25.7. The summed E-state index contributed by atoms with van der Waals surface area (Å²) in [6.07, 6.45) is 2.38. The van der Waals surface area contributed by atoms with Gasteiger partial charge in [-0.1, -0.05) is 28.1 Å². The maximum Gasteiger partial charge on any atom is 0.261 e. The van der Waals surface area contributed by atoms with Gasteiger partial charge < -0.3 is 35.7 Å². The van der Waals surface area contributed by atoms with Gasteiger partial charge in [-0.2, -0.15) is 0 Å². The van der Waals surface area contributed by atoms with Crippen molar-refractivity contribution in [2.45, 2.75) is 31.9 Å². The van der Waals surface area contributed by atoms with Crippen LogP contribution in [0.25, 0.3) is 22.4 Å². The number of anilines is 2. The Kier molecular flexibility index (Phi) is 8.01. The monoisotopic (exact) mass is 594 g/mol. The molecule has 0 bridgehead atoms. The van der Waals surface area contributed by atoms with E-state index in [9.17, 15) is 14.7 Å². The van der Waals surface area contributed by atoms with Gasteiger partial charge in [-0.25, -0.2) is 4.98 Å². The highest BCUT2D eigenvalue weighted by Crippen LogP contribution is 2.30. The predicted octanol–water partition coefficient (Wildman–Crippen LogP) is 3.21. The zero-order valence-electron chi connectivity index (χ0n) is 21.5. The molecule has 3 heterocycles. The Morgan fingerprint density at radius 2 is 2.03 bits per heavy atom. The molecule has 1 fully saturated rings. The highest BCUT2D eigenvalue weighted by molar-refractivity contribution is 9.10. The molecule has 1 atom stereocenters. The van der Waals surface area contributed by atoms with Crippen molar-refractivity contribution in [1.82, 2.24) is 20.3 Å². The molecule has 5 rings (SSSR count). The summed E-state index contributed by atoms with van der Waals surface area (Å²) in [7, 11) is 0. The first-order valence-electron chi connectivity index (χ1n) is 12.9. The molecule has 1 saturated heterocycles. The van der Waals surface area contributed by atoms with Crippen molar-refractivity contribution in [3.05, 3.63) is 74.6 Å². The molecule has 204 valence electrons. The largest absolute Gasteiger partial charge is 0.387 e. The van der Waals surface area contributed by atoms with Gasteiger partial charge in [0.25, 0.3) is 5.56 Å². The number of nitrogens with zero attached hydrogens (tertiary/aromatic N) is 2. The lowest BCUT2D eigenvalue weighted by Gasteiger charge is -2.34. The molecule has 11 heteroatoms. The van der Waals surface area contributed by atoms with Crippen LogP contribution in [0.5, 0.6) is 0 Å². The zero-order chi connectivity index (χ0) is 27.5. The van der Waals surface area contributed by atoms with Crippen LogP contribution in [0.4, 0.5) is 11.4 Å². The van der Waals surface area contributed by atoms with Gasteiger partial charge in [0.15, 0.2) is 0 Å². The van der Waals surface area contributed by atoms with E-state index in [-0.39, 0.29) is 24.1 Å². The number of hydrogen-bond donors (Lipinski definition) is 6. The molecule has 0 spiro atoms. The molecule has 6 N–H and O–H groups in total. The summed E-state index contributed by atoms with van der Waals surface area (Å²) in [5.41, 5.74) is 5.03. The number of aryl methyl sites for hydroxylation is 1. The van der Waals surface area contributed by atoms with E-state index in [1.54, 1.807) is 12.3 Å². The first kappa shape index (κ1) is 26.9. The molecule has 10 nitrogen and oxygen atoms in total. The fourth-order valence-electron chi connectivity index (χ4n) is 5.03. The van der Waals surface area contributed by atoms with Gasteiger partial charge in [0, 0.05) is 42.0 Å². The molecule has 2 aromatic heterocycles. The number of nitrogens with one attached hydrogen (secondary N) is 4. The lowest BCUT2D eigenvalue weighted by molar-refractivity contribution is -0.124. The highest BCUT2D eigenvalue weighted by atomic mass is 79.9. The highest BCUT2D eigenvalue weighted by Gasteiger charge is 2.22. The van der Waals surface area contributed by atoms with Crippen LogP contribution in [0.1, 0.15) is 30.1 Å². The minimum Gasteiger partial charge on any atom is -0.387 e. The van der Waals surface area contributed by atoms with Crippen LogP contribution >= 0.6 is 15.9 Å². The van der Waals surface area contributed by atoms with Gasteiger partial charge in [0.05, 0.1) is 22.8 Å². The van der Waals surface area contributed by atoms with E-state index in [0.29, 0.717) is 17.1 Å². The van der Waals surface area contributed by atoms with Gasteiger partial charge in [-0.3, -0.25) is 9.59 Å². The minimum atomic E-state index is -0.767. The normalized spacial score (nSPS) is 14.9. The Morgan fingerprint density at radius 1 is 1.23 bits per heavy atom. The van der Waals surface area contributed by atoms with Gasteiger partial charge in [-0.05, 0) is 61.2 Å². The van der Waals surface area contributed by atoms with E-state index >= 15 is 0 Å². The second kappa shape index (κ2) is 11.6. The van der Waals surface area contributed by atoms with Crippen LogP contribution in [0.15, 0.2) is 57.9 Å². The number of halogens is 1. The number of imidazole rings is 1. The molecule has 4 aromatic rings. The van der Waals surface area contributed by atoms with Crippen molar-refractivity contribution in [2.24, 2.45) is 0 Å². The Morgan fingerprint density at radius 3 is 2.77 bits per heavy atom. The van der Waals surface area contributed by atoms with Crippen LogP contribution < -0.4 is 21.1 Å². The molecule has 0 radical (unpaired) electrons. The Hall–Kier alpha value is -3.67. The summed E-state index contributed by atoms with van der Waals surface area (Å²) < 4.78 is 0.880. The van der Waals surface area contributed by atoms with Gasteiger partial charge in [0.1, 0.15) is 18.0 Å². The summed E-state index contributed by atoms with van der Waals surface area (Å²) in [6, 6.07) is 13.4. The number of aliphatic hydroxyl groups is 2. The number of hydrogen-bond acceptors (Lipinski definition) is 7. The molecule has 0 unspecified atom stereocenters. The van der Waals surface area contributed by atoms with Gasteiger partial charge in [0.2, 0.25) is 5.91 Å². The second-order valence-electron chi connectivity index (χ2n) is 9.78. The molecule has 39 heavy (non-hydrogen) atoms. The average molecular weight is 595 g/mol. The topological polar surface area (TPSA) is 146 Å². The number of carbonyl (C=O) groups excluding carboxylic acids is 1. The smallest absolute Gasteiger partial charge is 0.261 e. The second-order valence-corrected chi connectivity index (χ2v) is 10.7. The Balaban J connectivity index is 1.37. The van der Waals surface area contributed by atoms with Gasteiger partial charge >= 0.3 is 0 Å². The summed E-state index contributed by atoms with van der Waals surface area (Å²) in [4.78, 5) is 37.5. The Bertz CT molecular complexity index is 1540. The third-order valence-electron chi connectivity index (χ3n) is 7.05. The number of aliphatic hydroxyl groups excluding tert-OH is 2. The third kappa shape index (κ3) is 6.00. The fraction of sp³-hybridized carbons (Fsp3) is 0.321. The molecule has 1 amide bonds. The Labute approximate surface area is 233 Å². The van der Waals surface area contributed by atoms with E-state index in [1.807, 2.05) is 37.3 Å². The number of aromatic amines is 2. The molecular formula is C28H31BrN6O4. The standard InChI is InChI=1S/C28H31BrN6O4/c1-16-11-20(35-9-6-19(7-10-35)32-24(38)15-36)13-22-26(16)34-27(33-22)25-21(5-8-30-28(25)39)31-14-23(37)17-3-2-4-18(29)12-17/h2-5,8,11-13,19,23,36-37H,6-7,9-10,14-15H2,1H3,(H,32,38)(H,33,34)(H2,30,31,39)/t23-/m1/s1. The molecule has 0 saturated carbocycles. The fourth-order valence-corrected chi connectivity index (χ4v) is 5.44. The number of aromatic nitrogens is 3. The van der Waals surface area contributed by atoms with E-state index in [1.165, 1.54) is 0 Å². The molecule has 1 aliphatic rings. The van der Waals surface area contributed by atoms with E-state index < -0.39 is 12.7 Å². The number of rotatable bonds is 8. The lowest BCUT2D eigenvalue weighted by atomic mass is 10.0. The number of fused-ring (bicyclic) bond motifs is 1. The van der Waals surface area contributed by atoms with Crippen molar-refractivity contribution in [1.29, 1.82) is 0 Å². The minimum absolute atomic E-state index is 0.0575. The third-order valence-corrected chi connectivity index (χ3v) is 7.54. The van der Waals surface area contributed by atoms with Crippen LogP contribution in [-0.2, 0) is 4.79 Å². The molecular weight excluding hydrogens is 564 g/mol. The molecule has 0 aliphatic carbocycles. The van der Waals surface area contributed by atoms with Gasteiger partial charge in [-0.15, -0.1) is 0 Å². The average Bonchev–Trinajstić information content (AvgIpc) is 3.36. The van der Waals surface area contributed by atoms with Crippen molar-refractivity contribution >= 4 is 44.2 Å². The molecule has 2 aromatic carbocycles. The quantitative estimate of drug-likeness (QED) is 0.183. The summed E-state index contributed by atoms with van der Waals surface area (Å²) in [5.74, 6) is 0.0973.